The highest BCUT2D eigenvalue weighted by atomic mass is 35.5. The summed E-state index contributed by atoms with van der Waals surface area (Å²) in [6.45, 7) is 1.25. The number of alkyl halides is 3. The van der Waals surface area contributed by atoms with Gasteiger partial charge in [0.1, 0.15) is 11.0 Å². The van der Waals surface area contributed by atoms with Gasteiger partial charge in [0, 0.05) is 5.56 Å². The van der Waals surface area contributed by atoms with Gasteiger partial charge in [0.05, 0.1) is 5.56 Å². The lowest BCUT2D eigenvalue weighted by Gasteiger charge is -2.11. The van der Waals surface area contributed by atoms with E-state index in [2.05, 4.69) is 4.98 Å². The number of nitrogen functional groups attached to an aromatic ring is 1. The minimum absolute atomic E-state index is 0.100. The van der Waals surface area contributed by atoms with Crippen molar-refractivity contribution in [3.05, 3.63) is 22.3 Å². The number of pyridine rings is 1. The second-order valence-corrected chi connectivity index (χ2v) is 2.89. The van der Waals surface area contributed by atoms with E-state index in [0.717, 1.165) is 6.07 Å². The molecule has 72 valence electrons. The molecule has 2 nitrogen and oxygen atoms in total. The lowest BCUT2D eigenvalue weighted by atomic mass is 10.1. The minimum Gasteiger partial charge on any atom is -0.383 e. The van der Waals surface area contributed by atoms with E-state index >= 15 is 0 Å². The van der Waals surface area contributed by atoms with Gasteiger partial charge in [-0.1, -0.05) is 11.6 Å². The summed E-state index contributed by atoms with van der Waals surface area (Å²) in [7, 11) is 0. The van der Waals surface area contributed by atoms with Gasteiger partial charge in [0.2, 0.25) is 0 Å². The van der Waals surface area contributed by atoms with Gasteiger partial charge >= 0.3 is 6.18 Å². The van der Waals surface area contributed by atoms with E-state index in [4.69, 9.17) is 17.3 Å². The number of hydrogen-bond acceptors (Lipinski definition) is 2. The topological polar surface area (TPSA) is 38.9 Å². The Morgan fingerprint density at radius 2 is 2.00 bits per heavy atom. The molecule has 1 aromatic rings. The van der Waals surface area contributed by atoms with Gasteiger partial charge in [-0.25, -0.2) is 4.98 Å². The molecule has 0 saturated heterocycles. The van der Waals surface area contributed by atoms with Gasteiger partial charge in [-0.2, -0.15) is 13.2 Å². The van der Waals surface area contributed by atoms with Crippen molar-refractivity contribution < 1.29 is 13.2 Å². The molecular formula is C7H6ClF3N2. The van der Waals surface area contributed by atoms with Crippen molar-refractivity contribution in [1.82, 2.24) is 4.98 Å². The number of rotatable bonds is 0. The molecule has 1 heterocycles. The monoisotopic (exact) mass is 210 g/mol. The molecule has 0 fully saturated rings. The van der Waals surface area contributed by atoms with Crippen LogP contribution in [0.1, 0.15) is 11.1 Å². The Morgan fingerprint density at radius 1 is 1.46 bits per heavy atom. The maximum Gasteiger partial charge on any atom is 0.416 e. The van der Waals surface area contributed by atoms with Crippen LogP contribution in [0.5, 0.6) is 0 Å². The summed E-state index contributed by atoms with van der Waals surface area (Å²) < 4.78 is 36.8. The van der Waals surface area contributed by atoms with E-state index in [1.165, 1.54) is 6.92 Å². The summed E-state index contributed by atoms with van der Waals surface area (Å²) in [5.41, 5.74) is 4.28. The SMILES string of the molecule is Cc1c(C(F)(F)F)cc(Cl)nc1N. The number of halogens is 4. The largest absolute Gasteiger partial charge is 0.416 e. The summed E-state index contributed by atoms with van der Waals surface area (Å²) >= 11 is 5.34. The highest BCUT2D eigenvalue weighted by molar-refractivity contribution is 6.29. The Kier molecular flexibility index (Phi) is 2.38. The van der Waals surface area contributed by atoms with Gasteiger partial charge in [-0.15, -0.1) is 0 Å². The Morgan fingerprint density at radius 3 is 2.46 bits per heavy atom. The lowest BCUT2D eigenvalue weighted by Crippen LogP contribution is -2.10. The van der Waals surface area contributed by atoms with E-state index in [0.29, 0.717) is 0 Å². The summed E-state index contributed by atoms with van der Waals surface area (Å²) in [4.78, 5) is 3.49. The fourth-order valence-corrected chi connectivity index (χ4v) is 1.09. The fraction of sp³-hybridized carbons (Fsp3) is 0.286. The zero-order valence-corrected chi connectivity index (χ0v) is 7.37. The molecule has 0 aliphatic carbocycles. The average Bonchev–Trinajstić information content (AvgIpc) is 1.94. The smallest absolute Gasteiger partial charge is 0.383 e. The third-order valence-corrected chi connectivity index (χ3v) is 1.78. The second kappa shape index (κ2) is 3.06. The van der Waals surface area contributed by atoms with E-state index in [-0.39, 0.29) is 16.5 Å². The van der Waals surface area contributed by atoms with Crippen LogP contribution in [0.2, 0.25) is 5.15 Å². The standard InChI is InChI=1S/C7H6ClF3N2/c1-3-4(7(9,10)11)2-5(8)13-6(3)12/h2H,1H3,(H2,12,13). The summed E-state index contributed by atoms with van der Waals surface area (Å²) in [6.07, 6.45) is -4.44. The third-order valence-electron chi connectivity index (χ3n) is 1.58. The lowest BCUT2D eigenvalue weighted by molar-refractivity contribution is -0.138. The highest BCUT2D eigenvalue weighted by Gasteiger charge is 2.33. The molecule has 2 N–H and O–H groups in total. The average molecular weight is 211 g/mol. The molecular weight excluding hydrogens is 205 g/mol. The summed E-state index contributed by atoms with van der Waals surface area (Å²) in [6, 6.07) is 0.757. The van der Waals surface area contributed by atoms with Crippen molar-refractivity contribution in [2.24, 2.45) is 0 Å². The molecule has 0 radical (unpaired) electrons. The number of hydrogen-bond donors (Lipinski definition) is 1. The van der Waals surface area contributed by atoms with Gasteiger partial charge in [0.25, 0.3) is 0 Å². The molecule has 0 spiro atoms. The van der Waals surface area contributed by atoms with Crippen molar-refractivity contribution in [2.45, 2.75) is 13.1 Å². The normalized spacial score (nSPS) is 11.8. The van der Waals surface area contributed by atoms with Crippen LogP contribution >= 0.6 is 11.6 Å². The first-order valence-corrected chi connectivity index (χ1v) is 3.70. The quantitative estimate of drug-likeness (QED) is 0.669. The molecule has 0 unspecified atom stereocenters. The molecule has 0 amide bonds. The Bertz CT molecular complexity index is 335. The Hall–Kier alpha value is -0.970. The molecule has 13 heavy (non-hydrogen) atoms. The zero-order valence-electron chi connectivity index (χ0n) is 6.61. The van der Waals surface area contributed by atoms with Crippen molar-refractivity contribution in [3.63, 3.8) is 0 Å². The number of aromatic nitrogens is 1. The molecule has 1 rings (SSSR count). The van der Waals surface area contributed by atoms with Gasteiger partial charge in [-0.3, -0.25) is 0 Å². The summed E-state index contributed by atoms with van der Waals surface area (Å²) in [5, 5.41) is -0.254. The first-order valence-electron chi connectivity index (χ1n) is 3.32. The van der Waals surface area contributed by atoms with Crippen LogP contribution in [0.4, 0.5) is 19.0 Å². The molecule has 0 aliphatic rings. The highest BCUT2D eigenvalue weighted by Crippen LogP contribution is 2.34. The van der Waals surface area contributed by atoms with Crippen molar-refractivity contribution in [3.8, 4) is 0 Å². The van der Waals surface area contributed by atoms with E-state index < -0.39 is 11.7 Å². The van der Waals surface area contributed by atoms with Crippen LogP contribution in [-0.4, -0.2) is 4.98 Å². The van der Waals surface area contributed by atoms with E-state index in [9.17, 15) is 13.2 Å². The van der Waals surface area contributed by atoms with Crippen LogP contribution in [0.25, 0.3) is 0 Å². The van der Waals surface area contributed by atoms with Gasteiger partial charge < -0.3 is 5.73 Å². The Labute approximate surface area is 77.5 Å². The van der Waals surface area contributed by atoms with Crippen LogP contribution in [0.15, 0.2) is 6.07 Å². The van der Waals surface area contributed by atoms with Crippen LogP contribution in [-0.2, 0) is 6.18 Å². The number of anilines is 1. The van der Waals surface area contributed by atoms with Crippen molar-refractivity contribution in [1.29, 1.82) is 0 Å². The van der Waals surface area contributed by atoms with E-state index in [1.807, 2.05) is 0 Å². The van der Waals surface area contributed by atoms with Crippen LogP contribution in [0, 0.1) is 6.92 Å². The molecule has 6 heteroatoms. The van der Waals surface area contributed by atoms with E-state index in [1.54, 1.807) is 0 Å². The third kappa shape index (κ3) is 2.03. The molecule has 0 bridgehead atoms. The molecule has 0 aliphatic heterocycles. The number of nitrogens with two attached hydrogens (primary N) is 1. The van der Waals surface area contributed by atoms with Crippen LogP contribution < -0.4 is 5.73 Å². The molecule has 1 aromatic heterocycles. The first kappa shape index (κ1) is 10.1. The van der Waals surface area contributed by atoms with Crippen molar-refractivity contribution in [2.75, 3.05) is 5.73 Å². The van der Waals surface area contributed by atoms with Crippen LogP contribution in [0.3, 0.4) is 0 Å². The molecule has 0 aromatic carbocycles. The predicted octanol–water partition coefficient (Wildman–Crippen LogP) is 2.64. The second-order valence-electron chi connectivity index (χ2n) is 2.50. The fourth-order valence-electron chi connectivity index (χ4n) is 0.891. The first-order chi connectivity index (χ1) is 5.82. The van der Waals surface area contributed by atoms with Gasteiger partial charge in [0.15, 0.2) is 0 Å². The zero-order chi connectivity index (χ0) is 10.2. The summed E-state index contributed by atoms with van der Waals surface area (Å²) in [5.74, 6) is -0.195. The minimum atomic E-state index is -4.44. The maximum atomic E-state index is 12.3. The maximum absolute atomic E-state index is 12.3. The molecule has 0 saturated carbocycles. The predicted molar refractivity (Wildman–Crippen MR) is 43.4 cm³/mol. The van der Waals surface area contributed by atoms with Gasteiger partial charge in [-0.05, 0) is 13.0 Å². The number of nitrogens with zero attached hydrogens (tertiary/aromatic N) is 1. The molecule has 0 atom stereocenters. The Balaban J connectivity index is 3.37. The van der Waals surface area contributed by atoms with Crippen molar-refractivity contribution >= 4 is 17.4 Å².